The van der Waals surface area contributed by atoms with Crippen molar-refractivity contribution in [2.24, 2.45) is 11.3 Å². The smallest absolute Gasteiger partial charge is 0.262 e. The fourth-order valence-corrected chi connectivity index (χ4v) is 6.09. The number of fused-ring (bicyclic) bond motifs is 3. The Kier molecular flexibility index (Phi) is 6.51. The summed E-state index contributed by atoms with van der Waals surface area (Å²) in [7, 11) is 0. The number of aliphatic hydroxyl groups excluding tert-OH is 1. The molecule has 1 aliphatic heterocycles. The molecule has 2 aliphatic rings. The highest BCUT2D eigenvalue weighted by atomic mass is 32.1. The van der Waals surface area contributed by atoms with Crippen LogP contribution in [-0.2, 0) is 24.2 Å². The number of aliphatic hydroxyl groups is 1. The van der Waals surface area contributed by atoms with Crippen LogP contribution in [0.1, 0.15) is 44.1 Å². The monoisotopic (exact) mass is 446 g/mol. The lowest BCUT2D eigenvalue weighted by Crippen LogP contribution is -2.49. The van der Waals surface area contributed by atoms with Crippen LogP contribution in [0.4, 0.5) is 0 Å². The van der Waals surface area contributed by atoms with Crippen LogP contribution >= 0.6 is 11.3 Å². The van der Waals surface area contributed by atoms with Gasteiger partial charge in [-0.15, -0.1) is 11.3 Å². The summed E-state index contributed by atoms with van der Waals surface area (Å²) in [4.78, 5) is 36.6. The van der Waals surface area contributed by atoms with E-state index in [1.54, 1.807) is 22.2 Å². The van der Waals surface area contributed by atoms with Crippen LogP contribution in [0.3, 0.4) is 0 Å². The maximum Gasteiger partial charge on any atom is 0.262 e. The van der Waals surface area contributed by atoms with E-state index in [-0.39, 0.29) is 23.5 Å². The lowest BCUT2D eigenvalue weighted by molar-refractivity contribution is -0.133. The summed E-state index contributed by atoms with van der Waals surface area (Å²) in [6, 6.07) is 0. The van der Waals surface area contributed by atoms with Gasteiger partial charge in [0.15, 0.2) is 0 Å². The lowest BCUT2D eigenvalue weighted by Gasteiger charge is -2.34. The molecule has 1 atom stereocenters. The number of carbonyl (C=O) groups is 1. The van der Waals surface area contributed by atoms with Crippen LogP contribution in [-0.4, -0.2) is 69.7 Å². The second kappa shape index (κ2) is 9.00. The Hall–Kier alpha value is -1.77. The normalized spacial score (nSPS) is 20.3. The van der Waals surface area contributed by atoms with Crippen LogP contribution < -0.4 is 5.56 Å². The first-order chi connectivity index (χ1) is 14.8. The predicted octanol–water partition coefficient (Wildman–Crippen LogP) is 2.14. The molecule has 0 saturated carbocycles. The Morgan fingerprint density at radius 2 is 1.97 bits per heavy atom. The zero-order valence-corrected chi connectivity index (χ0v) is 19.7. The van der Waals surface area contributed by atoms with Gasteiger partial charge in [0.25, 0.3) is 5.56 Å². The number of hydrogen-bond donors (Lipinski definition) is 1. The van der Waals surface area contributed by atoms with Crippen molar-refractivity contribution in [2.75, 3.05) is 39.3 Å². The van der Waals surface area contributed by atoms with E-state index in [4.69, 9.17) is 5.11 Å². The molecule has 31 heavy (non-hydrogen) atoms. The van der Waals surface area contributed by atoms with Crippen molar-refractivity contribution >= 4 is 27.5 Å². The third-order valence-electron chi connectivity index (χ3n) is 6.97. The van der Waals surface area contributed by atoms with Crippen molar-refractivity contribution in [1.29, 1.82) is 0 Å². The van der Waals surface area contributed by atoms with Gasteiger partial charge in [-0.05, 0) is 36.2 Å². The maximum atomic E-state index is 13.2. The third-order valence-corrected chi connectivity index (χ3v) is 8.13. The molecule has 1 amide bonds. The maximum absolute atomic E-state index is 13.2. The van der Waals surface area contributed by atoms with Crippen LogP contribution in [0.5, 0.6) is 0 Å². The van der Waals surface area contributed by atoms with Crippen molar-refractivity contribution in [3.8, 4) is 0 Å². The summed E-state index contributed by atoms with van der Waals surface area (Å²) in [6.07, 6.45) is 5.00. The highest BCUT2D eigenvalue weighted by molar-refractivity contribution is 7.18. The highest BCUT2D eigenvalue weighted by Crippen LogP contribution is 2.41. The van der Waals surface area contributed by atoms with Crippen molar-refractivity contribution in [1.82, 2.24) is 19.4 Å². The summed E-state index contributed by atoms with van der Waals surface area (Å²) in [5.41, 5.74) is 1.46. The first-order valence-electron chi connectivity index (χ1n) is 11.4. The number of β-amino-alcohol motifs (C(OH)–C–C–N with tert-alkyl or cyclic N) is 1. The molecule has 0 bridgehead atoms. The molecular weight excluding hydrogens is 412 g/mol. The van der Waals surface area contributed by atoms with Gasteiger partial charge < -0.3 is 10.0 Å². The van der Waals surface area contributed by atoms with Gasteiger partial charge in [0.2, 0.25) is 5.91 Å². The summed E-state index contributed by atoms with van der Waals surface area (Å²) in [5, 5.41) is 9.83. The minimum atomic E-state index is -0.00252. The van der Waals surface area contributed by atoms with Gasteiger partial charge in [0.1, 0.15) is 4.83 Å². The van der Waals surface area contributed by atoms with Crippen LogP contribution in [0.2, 0.25) is 0 Å². The van der Waals surface area contributed by atoms with E-state index in [1.807, 2.05) is 4.90 Å². The van der Waals surface area contributed by atoms with Crippen molar-refractivity contribution in [3.05, 3.63) is 27.1 Å². The summed E-state index contributed by atoms with van der Waals surface area (Å²) in [6.45, 7) is 11.0. The fraction of sp³-hybridized carbons (Fsp3) is 0.696. The van der Waals surface area contributed by atoms with E-state index in [9.17, 15) is 9.59 Å². The Bertz CT molecular complexity index is 999. The fourth-order valence-electron chi connectivity index (χ4n) is 4.84. The van der Waals surface area contributed by atoms with E-state index >= 15 is 0 Å². The molecule has 7 nitrogen and oxygen atoms in total. The summed E-state index contributed by atoms with van der Waals surface area (Å²) in [5.74, 6) is 0.710. The van der Waals surface area contributed by atoms with E-state index in [1.165, 1.54) is 10.4 Å². The lowest BCUT2D eigenvalue weighted by atomic mass is 9.72. The first kappa shape index (κ1) is 22.4. The van der Waals surface area contributed by atoms with Gasteiger partial charge in [-0.3, -0.25) is 19.1 Å². The number of amides is 1. The molecule has 1 aliphatic carbocycles. The molecule has 1 saturated heterocycles. The molecule has 1 unspecified atom stereocenters. The number of piperazine rings is 1. The van der Waals surface area contributed by atoms with Crippen molar-refractivity contribution < 1.29 is 9.90 Å². The number of aryl methyl sites for hydroxylation is 2. The zero-order chi connectivity index (χ0) is 22.2. The van der Waals surface area contributed by atoms with Gasteiger partial charge in [-0.25, -0.2) is 4.98 Å². The molecule has 170 valence electrons. The first-order valence-corrected chi connectivity index (χ1v) is 12.2. The molecular formula is C23H34N4O3S. The minimum Gasteiger partial charge on any atom is -0.395 e. The molecule has 0 radical (unpaired) electrons. The molecule has 2 aromatic rings. The van der Waals surface area contributed by atoms with Gasteiger partial charge in [-0.1, -0.05) is 20.8 Å². The average Bonchev–Trinajstić information content (AvgIpc) is 3.12. The van der Waals surface area contributed by atoms with Crippen molar-refractivity contribution in [2.45, 2.75) is 53.0 Å². The second-order valence-electron chi connectivity index (χ2n) is 9.93. The average molecular weight is 447 g/mol. The van der Waals surface area contributed by atoms with Crippen molar-refractivity contribution in [3.63, 3.8) is 0 Å². The summed E-state index contributed by atoms with van der Waals surface area (Å²) < 4.78 is 1.62. The minimum absolute atomic E-state index is 0.00252. The molecule has 3 heterocycles. The Morgan fingerprint density at radius 1 is 1.23 bits per heavy atom. The molecule has 1 N–H and O–H groups in total. The Balaban J connectivity index is 1.44. The molecule has 8 heteroatoms. The number of thiophene rings is 1. The van der Waals surface area contributed by atoms with Crippen LogP contribution in [0, 0.1) is 11.3 Å². The predicted molar refractivity (Wildman–Crippen MR) is 124 cm³/mol. The largest absolute Gasteiger partial charge is 0.395 e. The van der Waals surface area contributed by atoms with Gasteiger partial charge >= 0.3 is 0 Å². The van der Waals surface area contributed by atoms with Crippen LogP contribution in [0.15, 0.2) is 11.1 Å². The highest BCUT2D eigenvalue weighted by Gasteiger charge is 2.31. The Morgan fingerprint density at radius 3 is 2.65 bits per heavy atom. The van der Waals surface area contributed by atoms with E-state index in [0.717, 1.165) is 42.6 Å². The molecule has 0 spiro atoms. The standard InChI is InChI=1S/C23H34N4O3S/c1-23(2,3)16-4-5-17-18(14-16)31-21-20(17)22(30)27(15-24-21)7-6-19(29)26-10-8-25(9-11-26)12-13-28/h15-16,28H,4-14H2,1-3H3. The number of aromatic nitrogens is 2. The van der Waals surface area contributed by atoms with Crippen LogP contribution in [0.25, 0.3) is 10.2 Å². The van der Waals surface area contributed by atoms with Gasteiger partial charge in [0, 0.05) is 50.6 Å². The molecule has 1 fully saturated rings. The van der Waals surface area contributed by atoms with E-state index in [2.05, 4.69) is 30.7 Å². The Labute approximate surface area is 187 Å². The number of rotatable bonds is 5. The third kappa shape index (κ3) is 4.71. The second-order valence-corrected chi connectivity index (χ2v) is 11.0. The molecule has 2 aromatic heterocycles. The topological polar surface area (TPSA) is 78.7 Å². The van der Waals surface area contributed by atoms with Gasteiger partial charge in [-0.2, -0.15) is 0 Å². The van der Waals surface area contributed by atoms with E-state index in [0.29, 0.717) is 38.5 Å². The molecule has 4 rings (SSSR count). The number of nitrogens with zero attached hydrogens (tertiary/aromatic N) is 4. The number of hydrogen-bond acceptors (Lipinski definition) is 6. The summed E-state index contributed by atoms with van der Waals surface area (Å²) >= 11 is 1.67. The SMILES string of the molecule is CC(C)(C)C1CCc2c(sc3ncn(CCC(=O)N4CCN(CCO)CC4)c(=O)c23)C1. The zero-order valence-electron chi connectivity index (χ0n) is 18.9. The van der Waals surface area contributed by atoms with Gasteiger partial charge in [0.05, 0.1) is 18.3 Å². The van der Waals surface area contributed by atoms with E-state index < -0.39 is 0 Å². The quantitative estimate of drug-likeness (QED) is 0.761. The molecule has 0 aromatic carbocycles. The number of carbonyl (C=O) groups excluding carboxylic acids is 1.